The molecule has 1 atom stereocenters. The maximum atomic E-state index is 13.6. The molecular weight excluding hydrogens is 553 g/mol. The molecule has 1 aliphatic heterocycles. The van der Waals surface area contributed by atoms with Crippen LogP contribution in [-0.4, -0.2) is 17.1 Å². The molecule has 0 unspecified atom stereocenters. The highest BCUT2D eigenvalue weighted by molar-refractivity contribution is 7.07. The van der Waals surface area contributed by atoms with Crippen LogP contribution in [0.4, 0.5) is 13.2 Å². The van der Waals surface area contributed by atoms with Gasteiger partial charge >= 0.3 is 12.1 Å². The minimum Gasteiger partial charge on any atom is -0.463 e. The van der Waals surface area contributed by atoms with Crippen molar-refractivity contribution in [1.29, 1.82) is 0 Å². The van der Waals surface area contributed by atoms with Gasteiger partial charge in [0.2, 0.25) is 0 Å². The zero-order valence-electron chi connectivity index (χ0n) is 20.6. The fraction of sp³-hybridized carbons (Fsp3) is 0.179. The van der Waals surface area contributed by atoms with Crippen LogP contribution < -0.4 is 14.9 Å². The molecule has 0 saturated carbocycles. The smallest absolute Gasteiger partial charge is 0.416 e. The van der Waals surface area contributed by atoms with Gasteiger partial charge in [0.05, 0.1) is 34.0 Å². The lowest BCUT2D eigenvalue weighted by molar-refractivity contribution is -0.139. The third-order valence-electron chi connectivity index (χ3n) is 6.08. The summed E-state index contributed by atoms with van der Waals surface area (Å²) in [5, 5.41) is 0.499. The summed E-state index contributed by atoms with van der Waals surface area (Å²) in [5.74, 6) is -0.0820. The number of alkyl halides is 3. The van der Waals surface area contributed by atoms with Gasteiger partial charge in [-0.25, -0.2) is 9.79 Å². The molecule has 2 aromatic heterocycles. The van der Waals surface area contributed by atoms with Gasteiger partial charge in [-0.05, 0) is 55.8 Å². The zero-order chi connectivity index (χ0) is 27.9. The highest BCUT2D eigenvalue weighted by atomic mass is 35.5. The molecule has 4 aromatic rings. The maximum absolute atomic E-state index is 13.6. The Balaban J connectivity index is 1.60. The Labute approximate surface area is 228 Å². The number of fused-ring (bicyclic) bond motifs is 1. The summed E-state index contributed by atoms with van der Waals surface area (Å²) < 4.78 is 52.1. The van der Waals surface area contributed by atoms with Crippen molar-refractivity contribution in [2.75, 3.05) is 6.61 Å². The molecule has 0 amide bonds. The topological polar surface area (TPSA) is 73.8 Å². The van der Waals surface area contributed by atoms with E-state index in [2.05, 4.69) is 4.99 Å². The van der Waals surface area contributed by atoms with Gasteiger partial charge in [0.1, 0.15) is 11.5 Å². The molecule has 200 valence electrons. The predicted molar refractivity (Wildman–Crippen MR) is 141 cm³/mol. The summed E-state index contributed by atoms with van der Waals surface area (Å²) in [6.07, 6.45) is -2.98. The number of halogens is 4. The largest absolute Gasteiger partial charge is 0.463 e. The van der Waals surface area contributed by atoms with Gasteiger partial charge in [0.15, 0.2) is 4.80 Å². The first kappa shape index (κ1) is 26.7. The second kappa shape index (κ2) is 10.3. The van der Waals surface area contributed by atoms with Crippen molar-refractivity contribution in [2.24, 2.45) is 4.99 Å². The zero-order valence-corrected chi connectivity index (χ0v) is 22.2. The second-order valence-electron chi connectivity index (χ2n) is 8.63. The minimum absolute atomic E-state index is 0.153. The van der Waals surface area contributed by atoms with E-state index in [-0.39, 0.29) is 33.8 Å². The molecule has 0 bridgehead atoms. The van der Waals surface area contributed by atoms with E-state index in [1.807, 2.05) is 0 Å². The van der Waals surface area contributed by atoms with Gasteiger partial charge in [0.25, 0.3) is 5.56 Å². The number of nitrogens with zero attached hydrogens (tertiary/aromatic N) is 2. The average Bonchev–Trinajstić information content (AvgIpc) is 3.48. The standard InChI is InChI=1S/C28H20ClF3N2O4S/c1-3-37-26(36)23-15(2)33-27-34(24(23)16-7-9-19(29)10-8-16)25(35)22(39-27)14-20-11-12-21(38-20)17-5-4-6-18(13-17)28(30,31)32/h4-14,24H,3H2,1-2H3/b22-14-/t24-/m1/s1. The summed E-state index contributed by atoms with van der Waals surface area (Å²) in [5.41, 5.74) is 0.359. The summed E-state index contributed by atoms with van der Waals surface area (Å²) in [6.45, 7) is 3.53. The third-order valence-corrected chi connectivity index (χ3v) is 7.31. The Hall–Kier alpha value is -3.89. The van der Waals surface area contributed by atoms with Gasteiger partial charge < -0.3 is 9.15 Å². The van der Waals surface area contributed by atoms with Crippen molar-refractivity contribution in [1.82, 2.24) is 4.57 Å². The van der Waals surface area contributed by atoms with E-state index in [0.29, 0.717) is 21.1 Å². The number of allylic oxidation sites excluding steroid dienone is 1. The van der Waals surface area contributed by atoms with E-state index < -0.39 is 29.3 Å². The number of hydrogen-bond acceptors (Lipinski definition) is 6. The Bertz CT molecular complexity index is 1780. The summed E-state index contributed by atoms with van der Waals surface area (Å²) in [7, 11) is 0. The molecule has 0 saturated heterocycles. The number of furan rings is 1. The summed E-state index contributed by atoms with van der Waals surface area (Å²) in [4.78, 5) is 31.5. The second-order valence-corrected chi connectivity index (χ2v) is 10.1. The van der Waals surface area contributed by atoms with Gasteiger partial charge in [-0.2, -0.15) is 13.2 Å². The lowest BCUT2D eigenvalue weighted by Gasteiger charge is -2.24. The summed E-state index contributed by atoms with van der Waals surface area (Å²) in [6, 6.07) is 13.9. The summed E-state index contributed by atoms with van der Waals surface area (Å²) >= 11 is 7.18. The predicted octanol–water partition coefficient (Wildman–Crippen LogP) is 5.73. The Morgan fingerprint density at radius 2 is 1.92 bits per heavy atom. The Morgan fingerprint density at radius 1 is 1.18 bits per heavy atom. The van der Waals surface area contributed by atoms with E-state index >= 15 is 0 Å². The van der Waals surface area contributed by atoms with Crippen LogP contribution in [0.5, 0.6) is 0 Å². The van der Waals surface area contributed by atoms with E-state index in [9.17, 15) is 22.8 Å². The number of carbonyl (C=O) groups excluding carboxylic acids is 1. The Kier molecular flexibility index (Phi) is 7.09. The van der Waals surface area contributed by atoms with Crippen LogP contribution >= 0.6 is 22.9 Å². The van der Waals surface area contributed by atoms with Crippen molar-refractivity contribution < 1.29 is 27.1 Å². The molecule has 0 aliphatic carbocycles. The number of aromatic nitrogens is 1. The number of ether oxygens (including phenoxy) is 1. The molecule has 3 heterocycles. The number of thiazole rings is 1. The van der Waals surface area contributed by atoms with E-state index in [1.54, 1.807) is 44.2 Å². The van der Waals surface area contributed by atoms with Crippen LogP contribution in [-0.2, 0) is 15.7 Å². The van der Waals surface area contributed by atoms with E-state index in [1.165, 1.54) is 28.8 Å². The molecule has 1 aliphatic rings. The first-order chi connectivity index (χ1) is 18.6. The fourth-order valence-corrected chi connectivity index (χ4v) is 5.47. The fourth-order valence-electron chi connectivity index (χ4n) is 4.32. The van der Waals surface area contributed by atoms with Crippen molar-refractivity contribution in [3.05, 3.63) is 114 Å². The molecule has 0 radical (unpaired) electrons. The molecule has 0 fully saturated rings. The van der Waals surface area contributed by atoms with Crippen molar-refractivity contribution in [3.63, 3.8) is 0 Å². The van der Waals surface area contributed by atoms with Crippen LogP contribution in [0.1, 0.15) is 36.8 Å². The Morgan fingerprint density at radius 3 is 2.62 bits per heavy atom. The molecule has 2 aromatic carbocycles. The van der Waals surface area contributed by atoms with Crippen LogP contribution in [0.2, 0.25) is 5.02 Å². The molecular formula is C28H20ClF3N2O4S. The van der Waals surface area contributed by atoms with Gasteiger partial charge in [-0.15, -0.1) is 0 Å². The molecule has 0 N–H and O–H groups in total. The number of rotatable bonds is 5. The molecule has 5 rings (SSSR count). The molecule has 6 nitrogen and oxygen atoms in total. The van der Waals surface area contributed by atoms with Crippen molar-refractivity contribution >= 4 is 35.0 Å². The van der Waals surface area contributed by atoms with Gasteiger partial charge in [-0.3, -0.25) is 9.36 Å². The van der Waals surface area contributed by atoms with E-state index in [4.69, 9.17) is 20.8 Å². The lowest BCUT2D eigenvalue weighted by atomic mass is 9.96. The van der Waals surface area contributed by atoms with Crippen LogP contribution in [0, 0.1) is 0 Å². The highest BCUT2D eigenvalue weighted by Crippen LogP contribution is 2.33. The molecule has 11 heteroatoms. The first-order valence-electron chi connectivity index (χ1n) is 11.8. The molecule has 0 spiro atoms. The molecule has 39 heavy (non-hydrogen) atoms. The number of esters is 1. The lowest BCUT2D eigenvalue weighted by Crippen LogP contribution is -2.39. The van der Waals surface area contributed by atoms with E-state index in [0.717, 1.165) is 23.5 Å². The van der Waals surface area contributed by atoms with Gasteiger partial charge in [0, 0.05) is 16.7 Å². The minimum atomic E-state index is -4.49. The van der Waals surface area contributed by atoms with Crippen LogP contribution in [0.3, 0.4) is 0 Å². The third kappa shape index (κ3) is 5.22. The monoisotopic (exact) mass is 572 g/mol. The van der Waals surface area contributed by atoms with Crippen LogP contribution in [0.25, 0.3) is 17.4 Å². The highest BCUT2D eigenvalue weighted by Gasteiger charge is 2.33. The first-order valence-corrected chi connectivity index (χ1v) is 13.0. The van der Waals surface area contributed by atoms with Crippen molar-refractivity contribution in [2.45, 2.75) is 26.1 Å². The number of carbonyl (C=O) groups is 1. The maximum Gasteiger partial charge on any atom is 0.416 e. The van der Waals surface area contributed by atoms with Crippen LogP contribution in [0.15, 0.2) is 86.1 Å². The normalized spacial score (nSPS) is 15.7. The van der Waals surface area contributed by atoms with Gasteiger partial charge in [-0.1, -0.05) is 47.2 Å². The number of benzene rings is 2. The number of hydrogen-bond donors (Lipinski definition) is 0. The van der Waals surface area contributed by atoms with Crippen molar-refractivity contribution in [3.8, 4) is 11.3 Å². The SMILES string of the molecule is CCOC(=O)C1=C(C)N=c2s/c(=C\c3ccc(-c4cccc(C(F)(F)F)c4)o3)c(=O)n2[C@@H]1c1ccc(Cl)cc1. The quantitative estimate of drug-likeness (QED) is 0.286. The average molecular weight is 573 g/mol.